The fourth-order valence-corrected chi connectivity index (χ4v) is 2.18. The van der Waals surface area contributed by atoms with Crippen LogP contribution in [0.3, 0.4) is 0 Å². The van der Waals surface area contributed by atoms with Crippen molar-refractivity contribution in [1.29, 1.82) is 0 Å². The first-order chi connectivity index (χ1) is 9.09. The molecule has 0 aliphatic heterocycles. The Hall–Kier alpha value is -2.28. The Balaban J connectivity index is 2.10. The molecule has 1 heterocycles. The number of carbonyl (C=O) groups is 1. The van der Waals surface area contributed by atoms with Gasteiger partial charge in [-0.2, -0.15) is 0 Å². The molecule has 1 N–H and O–H groups in total. The second-order valence-corrected chi connectivity index (χ2v) is 4.59. The lowest BCUT2D eigenvalue weighted by atomic mass is 10.1. The molecular weight excluding hydrogens is 266 g/mol. The highest BCUT2D eigenvalue weighted by Crippen LogP contribution is 2.20. The molecule has 0 aliphatic rings. The Morgan fingerprint density at radius 1 is 1.53 bits per heavy atom. The first-order valence-corrected chi connectivity index (χ1v) is 6.43. The topological polar surface area (TPSA) is 85.1 Å². The molecule has 6 nitrogen and oxygen atoms in total. The van der Waals surface area contributed by atoms with Crippen molar-refractivity contribution in [2.24, 2.45) is 0 Å². The van der Waals surface area contributed by atoms with Crippen LogP contribution in [0.2, 0.25) is 0 Å². The maximum atomic E-state index is 11.7. The molecule has 1 aromatic carbocycles. The summed E-state index contributed by atoms with van der Waals surface area (Å²) in [6.45, 7) is 1.91. The number of carbonyl (C=O) groups excluding carboxylic acids is 1. The molecule has 0 saturated carbocycles. The molecule has 2 aromatic rings. The summed E-state index contributed by atoms with van der Waals surface area (Å²) in [5, 5.41) is 15.1. The predicted octanol–water partition coefficient (Wildman–Crippen LogP) is 2.29. The zero-order chi connectivity index (χ0) is 13.8. The number of nitrogens with zero attached hydrogens (tertiary/aromatic N) is 2. The van der Waals surface area contributed by atoms with Gasteiger partial charge in [-0.1, -0.05) is 12.1 Å². The van der Waals surface area contributed by atoms with E-state index in [4.69, 9.17) is 0 Å². The van der Waals surface area contributed by atoms with Crippen LogP contribution in [0, 0.1) is 17.0 Å². The fourth-order valence-electron chi connectivity index (χ4n) is 1.65. The summed E-state index contributed by atoms with van der Waals surface area (Å²) in [5.41, 5.74) is 3.27. The first-order valence-electron chi connectivity index (χ1n) is 5.49. The molecular formula is C12H11N3O3S. The molecule has 0 radical (unpaired) electrons. The Morgan fingerprint density at radius 2 is 2.32 bits per heavy atom. The number of amides is 1. The van der Waals surface area contributed by atoms with Crippen LogP contribution in [0.25, 0.3) is 0 Å². The van der Waals surface area contributed by atoms with E-state index in [9.17, 15) is 14.9 Å². The van der Waals surface area contributed by atoms with Crippen LogP contribution in [0.4, 0.5) is 5.69 Å². The van der Waals surface area contributed by atoms with Crippen molar-refractivity contribution >= 4 is 22.9 Å². The molecule has 0 bridgehead atoms. The van der Waals surface area contributed by atoms with Crippen LogP contribution >= 0.6 is 11.3 Å². The second kappa shape index (κ2) is 5.57. The van der Waals surface area contributed by atoms with E-state index in [2.05, 4.69) is 10.3 Å². The van der Waals surface area contributed by atoms with Gasteiger partial charge in [0, 0.05) is 23.6 Å². The third-order valence-electron chi connectivity index (χ3n) is 2.72. The fraction of sp³-hybridized carbons (Fsp3) is 0.167. The van der Waals surface area contributed by atoms with Crippen LogP contribution in [0.5, 0.6) is 0 Å². The summed E-state index contributed by atoms with van der Waals surface area (Å²) < 4.78 is 0. The number of benzene rings is 1. The molecule has 0 saturated heterocycles. The molecule has 1 aromatic heterocycles. The van der Waals surface area contributed by atoms with Crippen molar-refractivity contribution in [3.05, 3.63) is 56.0 Å². The summed E-state index contributed by atoms with van der Waals surface area (Å²) in [6, 6.07) is 4.81. The Morgan fingerprint density at radius 3 is 2.95 bits per heavy atom. The van der Waals surface area contributed by atoms with Crippen molar-refractivity contribution in [2.45, 2.75) is 13.5 Å². The molecule has 0 fully saturated rings. The molecule has 0 spiro atoms. The minimum absolute atomic E-state index is 0.0559. The van der Waals surface area contributed by atoms with Crippen molar-refractivity contribution in [1.82, 2.24) is 10.3 Å². The quantitative estimate of drug-likeness (QED) is 0.686. The van der Waals surface area contributed by atoms with Gasteiger partial charge in [0.2, 0.25) is 0 Å². The normalized spacial score (nSPS) is 10.2. The highest BCUT2D eigenvalue weighted by molar-refractivity contribution is 7.07. The average Bonchev–Trinajstić information content (AvgIpc) is 2.90. The van der Waals surface area contributed by atoms with E-state index in [-0.39, 0.29) is 18.1 Å². The van der Waals surface area contributed by atoms with Gasteiger partial charge in [0.1, 0.15) is 5.69 Å². The van der Waals surface area contributed by atoms with Gasteiger partial charge < -0.3 is 5.32 Å². The highest BCUT2D eigenvalue weighted by Gasteiger charge is 2.14. The lowest BCUT2D eigenvalue weighted by Gasteiger charge is -2.07. The first kappa shape index (κ1) is 13.2. The van der Waals surface area contributed by atoms with E-state index in [1.165, 1.54) is 17.4 Å². The van der Waals surface area contributed by atoms with Crippen molar-refractivity contribution in [2.75, 3.05) is 0 Å². The van der Waals surface area contributed by atoms with Crippen LogP contribution in [-0.4, -0.2) is 15.8 Å². The van der Waals surface area contributed by atoms with Gasteiger partial charge >= 0.3 is 0 Å². The number of hydrogen-bond donors (Lipinski definition) is 1. The molecule has 2 rings (SSSR count). The van der Waals surface area contributed by atoms with Gasteiger partial charge in [-0.05, 0) is 12.5 Å². The van der Waals surface area contributed by atoms with E-state index in [1.54, 1.807) is 29.9 Å². The van der Waals surface area contributed by atoms with Gasteiger partial charge in [-0.3, -0.25) is 14.9 Å². The number of nitro benzene ring substituents is 1. The number of nitro groups is 1. The minimum atomic E-state index is -0.429. The summed E-state index contributed by atoms with van der Waals surface area (Å²) in [4.78, 5) is 26.0. The molecule has 98 valence electrons. The molecule has 19 heavy (non-hydrogen) atoms. The Labute approximate surface area is 113 Å². The van der Waals surface area contributed by atoms with Gasteiger partial charge in [0.05, 0.1) is 10.4 Å². The molecule has 0 aliphatic carbocycles. The van der Waals surface area contributed by atoms with E-state index in [0.29, 0.717) is 11.3 Å². The summed E-state index contributed by atoms with van der Waals surface area (Å²) in [6.07, 6.45) is 0. The molecule has 0 unspecified atom stereocenters. The smallest absolute Gasteiger partial charge is 0.272 e. The lowest BCUT2D eigenvalue weighted by Crippen LogP contribution is -2.23. The van der Waals surface area contributed by atoms with Crippen molar-refractivity contribution < 1.29 is 9.72 Å². The molecule has 7 heteroatoms. The van der Waals surface area contributed by atoms with Crippen LogP contribution in [0.1, 0.15) is 21.6 Å². The number of rotatable bonds is 4. The maximum absolute atomic E-state index is 11.7. The van der Waals surface area contributed by atoms with Gasteiger partial charge in [-0.25, -0.2) is 4.98 Å². The Kier molecular flexibility index (Phi) is 3.86. The van der Waals surface area contributed by atoms with Crippen LogP contribution < -0.4 is 5.32 Å². The summed E-state index contributed by atoms with van der Waals surface area (Å²) in [5.74, 6) is -0.285. The predicted molar refractivity (Wildman–Crippen MR) is 71.1 cm³/mol. The third-order valence-corrected chi connectivity index (χ3v) is 3.30. The second-order valence-electron chi connectivity index (χ2n) is 3.87. The zero-order valence-electron chi connectivity index (χ0n) is 10.1. The average molecular weight is 277 g/mol. The standard InChI is InChI=1S/C12H11N3O3S/c1-8-9(3-2-4-11(8)15(17)18)5-13-12(16)10-6-19-7-14-10/h2-4,6-7H,5H2,1H3,(H,13,16). The van der Waals surface area contributed by atoms with Gasteiger partial charge in [-0.15, -0.1) is 11.3 Å². The lowest BCUT2D eigenvalue weighted by molar-refractivity contribution is -0.385. The van der Waals surface area contributed by atoms with Gasteiger partial charge in [0.25, 0.3) is 11.6 Å². The SMILES string of the molecule is Cc1c(CNC(=O)c2cscn2)cccc1[N+](=O)[O-]. The third kappa shape index (κ3) is 2.94. The van der Waals surface area contributed by atoms with E-state index >= 15 is 0 Å². The van der Waals surface area contributed by atoms with Crippen molar-refractivity contribution in [3.63, 3.8) is 0 Å². The van der Waals surface area contributed by atoms with E-state index < -0.39 is 4.92 Å². The van der Waals surface area contributed by atoms with Crippen LogP contribution in [0.15, 0.2) is 29.1 Å². The summed E-state index contributed by atoms with van der Waals surface area (Å²) in [7, 11) is 0. The van der Waals surface area contributed by atoms with E-state index in [1.807, 2.05) is 0 Å². The highest BCUT2D eigenvalue weighted by atomic mass is 32.1. The zero-order valence-corrected chi connectivity index (χ0v) is 10.9. The van der Waals surface area contributed by atoms with Crippen molar-refractivity contribution in [3.8, 4) is 0 Å². The number of thiazole rings is 1. The molecule has 1 amide bonds. The summed E-state index contributed by atoms with van der Waals surface area (Å²) >= 11 is 1.34. The number of hydrogen-bond acceptors (Lipinski definition) is 5. The maximum Gasteiger partial charge on any atom is 0.272 e. The largest absolute Gasteiger partial charge is 0.347 e. The minimum Gasteiger partial charge on any atom is -0.347 e. The monoisotopic (exact) mass is 277 g/mol. The van der Waals surface area contributed by atoms with Crippen LogP contribution in [-0.2, 0) is 6.54 Å². The number of aromatic nitrogens is 1. The number of nitrogens with one attached hydrogen (secondary N) is 1. The van der Waals surface area contributed by atoms with E-state index in [0.717, 1.165) is 5.56 Å². The molecule has 0 atom stereocenters. The Bertz CT molecular complexity index is 611. The van der Waals surface area contributed by atoms with Gasteiger partial charge in [0.15, 0.2) is 0 Å².